The van der Waals surface area contributed by atoms with Crippen molar-refractivity contribution in [2.75, 3.05) is 5.73 Å². The number of halogens is 3. The van der Waals surface area contributed by atoms with Gasteiger partial charge in [0.2, 0.25) is 0 Å². The third kappa shape index (κ3) is 2.15. The van der Waals surface area contributed by atoms with Crippen molar-refractivity contribution in [2.24, 2.45) is 0 Å². The molecule has 3 aromatic rings. The number of nitrogens with zero attached hydrogens (tertiary/aromatic N) is 2. The number of fused-ring (bicyclic) bond motifs is 1. The van der Waals surface area contributed by atoms with E-state index in [2.05, 4.69) is 36.8 Å². The molecule has 3 rings (SSSR count). The topological polar surface area (TPSA) is 43.3 Å². The van der Waals surface area contributed by atoms with Gasteiger partial charge in [-0.15, -0.1) is 0 Å². The third-order valence-corrected chi connectivity index (χ3v) is 3.89. The van der Waals surface area contributed by atoms with Crippen LogP contribution in [0.4, 0.5) is 10.2 Å². The van der Waals surface area contributed by atoms with Gasteiger partial charge in [-0.3, -0.25) is 4.40 Å². The number of aromatic nitrogens is 2. The Hall–Kier alpha value is -1.40. The number of nitrogens with two attached hydrogens (primary N) is 1. The highest BCUT2D eigenvalue weighted by atomic mass is 79.9. The van der Waals surface area contributed by atoms with Gasteiger partial charge in [-0.05, 0) is 62.2 Å². The minimum Gasteiger partial charge on any atom is -0.383 e. The molecule has 3 nitrogen and oxygen atoms in total. The van der Waals surface area contributed by atoms with Gasteiger partial charge in [-0.2, -0.15) is 0 Å². The van der Waals surface area contributed by atoms with E-state index in [-0.39, 0.29) is 5.82 Å². The molecule has 0 amide bonds. The molecule has 0 aliphatic carbocycles. The molecule has 0 saturated carbocycles. The fourth-order valence-electron chi connectivity index (χ4n) is 1.89. The summed E-state index contributed by atoms with van der Waals surface area (Å²) in [7, 11) is 0. The van der Waals surface area contributed by atoms with Gasteiger partial charge in [0.05, 0.1) is 4.47 Å². The SMILES string of the molecule is Nc1c(-c2ccc(F)c(Br)c2)nc2ccc(Br)cn12. The number of anilines is 1. The number of benzene rings is 1. The van der Waals surface area contributed by atoms with Crippen molar-refractivity contribution in [1.29, 1.82) is 0 Å². The van der Waals surface area contributed by atoms with E-state index >= 15 is 0 Å². The molecule has 0 bridgehead atoms. The average Bonchev–Trinajstić information content (AvgIpc) is 2.70. The van der Waals surface area contributed by atoms with E-state index < -0.39 is 0 Å². The first-order valence-corrected chi connectivity index (χ1v) is 7.03. The maximum atomic E-state index is 13.3. The summed E-state index contributed by atoms with van der Waals surface area (Å²) in [5.74, 6) is 0.212. The van der Waals surface area contributed by atoms with Crippen LogP contribution in [-0.4, -0.2) is 9.38 Å². The lowest BCUT2D eigenvalue weighted by atomic mass is 10.1. The Morgan fingerprint density at radius 2 is 1.95 bits per heavy atom. The molecule has 96 valence electrons. The summed E-state index contributed by atoms with van der Waals surface area (Å²) in [5.41, 5.74) is 8.25. The van der Waals surface area contributed by atoms with Gasteiger partial charge in [-0.1, -0.05) is 0 Å². The Bertz CT molecular complexity index is 783. The Kier molecular flexibility index (Phi) is 3.06. The molecular formula is C13H8Br2FN3. The zero-order valence-corrected chi connectivity index (χ0v) is 12.7. The first kappa shape index (κ1) is 12.6. The number of pyridine rings is 1. The molecule has 0 unspecified atom stereocenters. The lowest BCUT2D eigenvalue weighted by Crippen LogP contribution is -1.94. The number of rotatable bonds is 1. The highest BCUT2D eigenvalue weighted by Crippen LogP contribution is 2.30. The minimum atomic E-state index is -0.311. The number of hydrogen-bond acceptors (Lipinski definition) is 2. The van der Waals surface area contributed by atoms with Gasteiger partial charge in [0.1, 0.15) is 23.0 Å². The molecule has 0 atom stereocenters. The average molecular weight is 385 g/mol. The Morgan fingerprint density at radius 1 is 1.16 bits per heavy atom. The van der Waals surface area contributed by atoms with E-state index in [1.54, 1.807) is 16.5 Å². The Morgan fingerprint density at radius 3 is 2.68 bits per heavy atom. The molecule has 0 aliphatic heterocycles. The molecular weight excluding hydrogens is 377 g/mol. The molecule has 6 heteroatoms. The van der Waals surface area contributed by atoms with Crippen molar-refractivity contribution in [3.05, 3.63) is 51.3 Å². The zero-order chi connectivity index (χ0) is 13.6. The Labute approximate surface area is 125 Å². The molecule has 2 aromatic heterocycles. The summed E-state index contributed by atoms with van der Waals surface area (Å²) in [6, 6.07) is 8.48. The van der Waals surface area contributed by atoms with Gasteiger partial charge in [0.15, 0.2) is 0 Å². The van der Waals surface area contributed by atoms with Crippen LogP contribution >= 0.6 is 31.9 Å². The maximum absolute atomic E-state index is 13.3. The Balaban J connectivity index is 2.24. The predicted molar refractivity (Wildman–Crippen MR) is 80.4 cm³/mol. The van der Waals surface area contributed by atoms with Crippen LogP contribution in [0.3, 0.4) is 0 Å². The van der Waals surface area contributed by atoms with Crippen molar-refractivity contribution in [3.63, 3.8) is 0 Å². The number of nitrogen functional groups attached to an aromatic ring is 1. The van der Waals surface area contributed by atoms with Crippen molar-refractivity contribution in [2.45, 2.75) is 0 Å². The van der Waals surface area contributed by atoms with Crippen molar-refractivity contribution in [1.82, 2.24) is 9.38 Å². The molecule has 0 radical (unpaired) electrons. The van der Waals surface area contributed by atoms with Crippen molar-refractivity contribution < 1.29 is 4.39 Å². The standard InChI is InChI=1S/C13H8Br2FN3/c14-8-2-4-11-18-12(13(17)19(11)6-8)7-1-3-10(16)9(15)5-7/h1-6H,17H2. The van der Waals surface area contributed by atoms with Crippen LogP contribution in [0.25, 0.3) is 16.9 Å². The normalized spacial score (nSPS) is 11.1. The second-order valence-electron chi connectivity index (χ2n) is 4.05. The quantitative estimate of drug-likeness (QED) is 0.681. The summed E-state index contributed by atoms with van der Waals surface area (Å²) in [6.45, 7) is 0. The molecule has 0 aliphatic rings. The van der Waals surface area contributed by atoms with E-state index in [4.69, 9.17) is 5.73 Å². The van der Waals surface area contributed by atoms with Crippen LogP contribution in [0.15, 0.2) is 45.5 Å². The molecule has 2 N–H and O–H groups in total. The van der Waals surface area contributed by atoms with E-state index in [1.165, 1.54) is 6.07 Å². The highest BCUT2D eigenvalue weighted by molar-refractivity contribution is 9.10. The monoisotopic (exact) mass is 383 g/mol. The van der Waals surface area contributed by atoms with Crippen molar-refractivity contribution >= 4 is 43.3 Å². The summed E-state index contributed by atoms with van der Waals surface area (Å²) >= 11 is 6.56. The first-order valence-electron chi connectivity index (χ1n) is 5.45. The predicted octanol–water partition coefficient (Wildman–Crippen LogP) is 4.25. The molecule has 2 heterocycles. The number of imidazole rings is 1. The van der Waals surface area contributed by atoms with Crippen LogP contribution in [0.2, 0.25) is 0 Å². The molecule has 1 aromatic carbocycles. The van der Waals surface area contributed by atoms with Crippen LogP contribution in [0.5, 0.6) is 0 Å². The largest absolute Gasteiger partial charge is 0.383 e. The zero-order valence-electron chi connectivity index (χ0n) is 9.57. The summed E-state index contributed by atoms with van der Waals surface area (Å²) in [6.07, 6.45) is 1.85. The molecule has 19 heavy (non-hydrogen) atoms. The lowest BCUT2D eigenvalue weighted by molar-refractivity contribution is 0.621. The second kappa shape index (κ2) is 4.61. The van der Waals surface area contributed by atoms with Gasteiger partial charge >= 0.3 is 0 Å². The fourth-order valence-corrected chi connectivity index (χ4v) is 2.61. The smallest absolute Gasteiger partial charge is 0.139 e. The van der Waals surface area contributed by atoms with Crippen LogP contribution in [-0.2, 0) is 0 Å². The highest BCUT2D eigenvalue weighted by Gasteiger charge is 2.12. The van der Waals surface area contributed by atoms with Crippen molar-refractivity contribution in [3.8, 4) is 11.3 Å². The third-order valence-electron chi connectivity index (χ3n) is 2.81. The molecule has 0 fully saturated rings. The van der Waals surface area contributed by atoms with Gasteiger partial charge in [0, 0.05) is 16.2 Å². The number of hydrogen-bond donors (Lipinski definition) is 1. The van der Waals surface area contributed by atoms with Gasteiger partial charge in [0.25, 0.3) is 0 Å². The maximum Gasteiger partial charge on any atom is 0.139 e. The van der Waals surface area contributed by atoms with Crippen LogP contribution in [0.1, 0.15) is 0 Å². The summed E-state index contributed by atoms with van der Waals surface area (Å²) < 4.78 is 16.4. The molecule has 0 spiro atoms. The van der Waals surface area contributed by atoms with Crippen LogP contribution < -0.4 is 5.73 Å². The minimum absolute atomic E-state index is 0.311. The van der Waals surface area contributed by atoms with Gasteiger partial charge < -0.3 is 5.73 Å². The fraction of sp³-hybridized carbons (Fsp3) is 0. The molecule has 0 saturated heterocycles. The van der Waals surface area contributed by atoms with E-state index in [0.29, 0.717) is 16.0 Å². The lowest BCUT2D eigenvalue weighted by Gasteiger charge is -2.01. The second-order valence-corrected chi connectivity index (χ2v) is 5.82. The summed E-state index contributed by atoms with van der Waals surface area (Å²) in [5, 5.41) is 0. The summed E-state index contributed by atoms with van der Waals surface area (Å²) in [4.78, 5) is 4.47. The van der Waals surface area contributed by atoms with Crippen LogP contribution in [0, 0.1) is 5.82 Å². The first-order chi connectivity index (χ1) is 9.06. The van der Waals surface area contributed by atoms with E-state index in [0.717, 1.165) is 15.7 Å². The van der Waals surface area contributed by atoms with E-state index in [1.807, 2.05) is 18.3 Å². The van der Waals surface area contributed by atoms with Gasteiger partial charge in [-0.25, -0.2) is 9.37 Å². The van der Waals surface area contributed by atoms with E-state index in [9.17, 15) is 4.39 Å².